The van der Waals surface area contributed by atoms with Crippen LogP contribution in [-0.2, 0) is 30.3 Å². The van der Waals surface area contributed by atoms with E-state index in [2.05, 4.69) is 13.8 Å². The fourth-order valence-corrected chi connectivity index (χ4v) is 6.22. The highest BCUT2D eigenvalue weighted by Crippen LogP contribution is 2.23. The van der Waals surface area contributed by atoms with Crippen LogP contribution in [0, 0.1) is 5.92 Å². The van der Waals surface area contributed by atoms with Gasteiger partial charge in [-0.25, -0.2) is 0 Å². The summed E-state index contributed by atoms with van der Waals surface area (Å²) in [5, 5.41) is 0. The number of hydrogen-bond donors (Lipinski definition) is 0. The molecule has 1 unspecified atom stereocenters. The predicted molar refractivity (Wildman–Crippen MR) is 181 cm³/mol. The van der Waals surface area contributed by atoms with Gasteiger partial charge in [-0.15, -0.1) is 0 Å². The Labute approximate surface area is 269 Å². The van der Waals surface area contributed by atoms with Gasteiger partial charge in [-0.2, -0.15) is 0 Å². The lowest BCUT2D eigenvalue weighted by molar-refractivity contribution is -0.143. The van der Waals surface area contributed by atoms with Crippen molar-refractivity contribution in [3.8, 4) is 5.75 Å². The van der Waals surface area contributed by atoms with Gasteiger partial charge >= 0.3 is 17.9 Å². The standard InChI is InChI=1S/C34H57NO6S2/c1-5-7-9-11-12-14-17-30(16-13-10-8-6-2)34(38)41-31-21-19-29(20-22-31)28-33(37)40-25-27-43-42-26-24-39-32(36)18-15-23-35(3)4/h19-22,30H,5-18,23-28H2,1-4H3. The number of carbonyl (C=O) groups excluding carboxylic acids is 3. The van der Waals surface area contributed by atoms with Crippen LogP contribution in [0.4, 0.5) is 0 Å². The van der Waals surface area contributed by atoms with Crippen LogP contribution >= 0.6 is 21.6 Å². The molecule has 9 heteroatoms. The van der Waals surface area contributed by atoms with Gasteiger partial charge in [0, 0.05) is 17.9 Å². The van der Waals surface area contributed by atoms with E-state index < -0.39 is 0 Å². The van der Waals surface area contributed by atoms with Crippen LogP contribution in [0.2, 0.25) is 0 Å². The number of benzene rings is 1. The fourth-order valence-electron chi connectivity index (χ4n) is 4.57. The molecule has 0 amide bonds. The highest BCUT2D eigenvalue weighted by Gasteiger charge is 2.20. The van der Waals surface area contributed by atoms with Crippen molar-refractivity contribution in [1.82, 2.24) is 4.90 Å². The Balaban J connectivity index is 2.28. The van der Waals surface area contributed by atoms with E-state index in [9.17, 15) is 14.4 Å². The first kappa shape index (κ1) is 39.3. The van der Waals surface area contributed by atoms with E-state index in [0.29, 0.717) is 36.9 Å². The highest BCUT2D eigenvalue weighted by atomic mass is 33.1. The average molecular weight is 640 g/mol. The third-order valence-corrected chi connectivity index (χ3v) is 9.40. The monoisotopic (exact) mass is 639 g/mol. The third kappa shape index (κ3) is 22.5. The molecule has 1 rings (SSSR count). The van der Waals surface area contributed by atoms with Crippen molar-refractivity contribution in [2.45, 2.75) is 110 Å². The lowest BCUT2D eigenvalue weighted by Crippen LogP contribution is -2.21. The molecule has 0 fully saturated rings. The lowest BCUT2D eigenvalue weighted by Gasteiger charge is -2.16. The summed E-state index contributed by atoms with van der Waals surface area (Å²) in [6.45, 7) is 6.02. The van der Waals surface area contributed by atoms with E-state index in [1.54, 1.807) is 33.7 Å². The Morgan fingerprint density at radius 1 is 0.721 bits per heavy atom. The Morgan fingerprint density at radius 3 is 1.84 bits per heavy atom. The normalized spacial score (nSPS) is 11.8. The van der Waals surface area contributed by atoms with Gasteiger partial charge in [-0.05, 0) is 57.6 Å². The van der Waals surface area contributed by atoms with Crippen molar-refractivity contribution in [2.24, 2.45) is 5.92 Å². The molecule has 0 saturated heterocycles. The molecule has 0 aliphatic rings. The number of esters is 3. The van der Waals surface area contributed by atoms with Gasteiger partial charge in [0.15, 0.2) is 0 Å². The van der Waals surface area contributed by atoms with Crippen LogP contribution in [0.3, 0.4) is 0 Å². The number of hydrogen-bond acceptors (Lipinski definition) is 9. The van der Waals surface area contributed by atoms with E-state index >= 15 is 0 Å². The second kappa shape index (κ2) is 26.7. The van der Waals surface area contributed by atoms with E-state index in [4.69, 9.17) is 14.2 Å². The second-order valence-corrected chi connectivity index (χ2v) is 14.0. The van der Waals surface area contributed by atoms with Crippen molar-refractivity contribution >= 4 is 39.5 Å². The van der Waals surface area contributed by atoms with Gasteiger partial charge in [0.25, 0.3) is 0 Å². The molecule has 0 aliphatic heterocycles. The quantitative estimate of drug-likeness (QED) is 0.0409. The molecular formula is C34H57NO6S2. The van der Waals surface area contributed by atoms with Crippen LogP contribution in [0.5, 0.6) is 5.75 Å². The van der Waals surface area contributed by atoms with Crippen LogP contribution in [0.1, 0.15) is 109 Å². The maximum absolute atomic E-state index is 13.0. The van der Waals surface area contributed by atoms with Gasteiger partial charge < -0.3 is 19.1 Å². The smallest absolute Gasteiger partial charge is 0.314 e. The van der Waals surface area contributed by atoms with Gasteiger partial charge in [0.1, 0.15) is 19.0 Å². The second-order valence-electron chi connectivity index (χ2n) is 11.3. The maximum Gasteiger partial charge on any atom is 0.314 e. The molecule has 0 spiro atoms. The van der Waals surface area contributed by atoms with Gasteiger partial charge in [0.05, 0.1) is 12.3 Å². The number of nitrogens with zero attached hydrogens (tertiary/aromatic N) is 1. The first-order chi connectivity index (χ1) is 20.8. The predicted octanol–water partition coefficient (Wildman–Crippen LogP) is 8.28. The maximum atomic E-state index is 13.0. The van der Waals surface area contributed by atoms with Crippen molar-refractivity contribution in [2.75, 3.05) is 45.4 Å². The van der Waals surface area contributed by atoms with Gasteiger partial charge in [0.2, 0.25) is 0 Å². The molecule has 0 aliphatic carbocycles. The summed E-state index contributed by atoms with van der Waals surface area (Å²) in [5.41, 5.74) is 0.822. The number of rotatable bonds is 27. The van der Waals surface area contributed by atoms with Crippen molar-refractivity contribution in [3.05, 3.63) is 29.8 Å². The number of ether oxygens (including phenoxy) is 3. The zero-order valence-electron chi connectivity index (χ0n) is 27.2. The molecule has 1 aromatic rings. The Bertz CT molecular complexity index is 865. The van der Waals surface area contributed by atoms with E-state index in [0.717, 1.165) is 50.6 Å². The zero-order chi connectivity index (χ0) is 31.5. The lowest BCUT2D eigenvalue weighted by atomic mass is 9.94. The Hall–Kier alpha value is -1.71. The molecular weight excluding hydrogens is 583 g/mol. The van der Waals surface area contributed by atoms with E-state index in [1.807, 2.05) is 31.1 Å². The minimum atomic E-state index is -0.284. The first-order valence-corrected chi connectivity index (χ1v) is 18.9. The molecule has 246 valence electrons. The topological polar surface area (TPSA) is 82.1 Å². The van der Waals surface area contributed by atoms with Gasteiger partial charge in [-0.1, -0.05) is 112 Å². The molecule has 7 nitrogen and oxygen atoms in total. The summed E-state index contributed by atoms with van der Waals surface area (Å²) in [5.74, 6) is 1.27. The summed E-state index contributed by atoms with van der Waals surface area (Å²) >= 11 is 0. The molecule has 1 atom stereocenters. The Morgan fingerprint density at radius 2 is 1.26 bits per heavy atom. The van der Waals surface area contributed by atoms with E-state index in [1.165, 1.54) is 44.9 Å². The van der Waals surface area contributed by atoms with Crippen molar-refractivity contribution < 1.29 is 28.6 Å². The Kier molecular flexibility index (Phi) is 24.4. The molecule has 43 heavy (non-hydrogen) atoms. The molecule has 0 heterocycles. The molecule has 0 bridgehead atoms. The average Bonchev–Trinajstić information content (AvgIpc) is 2.98. The van der Waals surface area contributed by atoms with Gasteiger partial charge in [-0.3, -0.25) is 14.4 Å². The van der Waals surface area contributed by atoms with Crippen LogP contribution in [0.15, 0.2) is 24.3 Å². The number of unbranched alkanes of at least 4 members (excludes halogenated alkanes) is 8. The first-order valence-electron chi connectivity index (χ1n) is 16.4. The SMILES string of the molecule is CCCCCCCCC(CCCCCC)C(=O)Oc1ccc(CC(=O)OCCSSCCOC(=O)CCCN(C)C)cc1. The summed E-state index contributed by atoms with van der Waals surface area (Å²) in [4.78, 5) is 39.0. The van der Waals surface area contributed by atoms with Crippen LogP contribution < -0.4 is 4.74 Å². The zero-order valence-corrected chi connectivity index (χ0v) is 28.9. The molecule has 1 aromatic carbocycles. The van der Waals surface area contributed by atoms with E-state index in [-0.39, 0.29) is 30.2 Å². The highest BCUT2D eigenvalue weighted by molar-refractivity contribution is 8.76. The fraction of sp³-hybridized carbons (Fsp3) is 0.735. The summed E-state index contributed by atoms with van der Waals surface area (Å²) < 4.78 is 16.3. The van der Waals surface area contributed by atoms with Crippen LogP contribution in [-0.4, -0.2) is 68.2 Å². The molecule has 0 N–H and O–H groups in total. The van der Waals surface area contributed by atoms with Crippen molar-refractivity contribution in [1.29, 1.82) is 0 Å². The molecule has 0 aromatic heterocycles. The summed E-state index contributed by atoms with van der Waals surface area (Å²) in [7, 11) is 7.16. The van der Waals surface area contributed by atoms with Crippen LogP contribution in [0.25, 0.3) is 0 Å². The summed E-state index contributed by atoms with van der Waals surface area (Å²) in [6, 6.07) is 7.17. The minimum absolute atomic E-state index is 0.0539. The third-order valence-electron chi connectivity index (χ3n) is 7.06. The van der Waals surface area contributed by atoms with Crippen molar-refractivity contribution in [3.63, 3.8) is 0 Å². The number of carbonyl (C=O) groups is 3. The minimum Gasteiger partial charge on any atom is -0.465 e. The molecule has 0 radical (unpaired) electrons. The summed E-state index contributed by atoms with van der Waals surface area (Å²) in [6.07, 6.45) is 15.1. The molecule has 0 saturated carbocycles. The largest absolute Gasteiger partial charge is 0.465 e.